The van der Waals surface area contributed by atoms with E-state index in [1.165, 1.54) is 18.2 Å². The second-order valence-corrected chi connectivity index (χ2v) is 6.25. The molecule has 2 rings (SSSR count). The number of benzene rings is 1. The van der Waals surface area contributed by atoms with Gasteiger partial charge in [-0.1, -0.05) is 5.16 Å². The van der Waals surface area contributed by atoms with E-state index >= 15 is 0 Å². The van der Waals surface area contributed by atoms with Gasteiger partial charge < -0.3 is 9.26 Å². The van der Waals surface area contributed by atoms with Crippen molar-refractivity contribution in [1.29, 1.82) is 0 Å². The van der Waals surface area contributed by atoms with Crippen molar-refractivity contribution >= 4 is 15.8 Å². The Bertz CT molecular complexity index is 675. The van der Waals surface area contributed by atoms with Crippen molar-refractivity contribution in [1.82, 2.24) is 5.16 Å². The molecule has 1 aromatic carbocycles. The fourth-order valence-corrected chi connectivity index (χ4v) is 2.56. The molecule has 0 aliphatic carbocycles. The fraction of sp³-hybridized carbons (Fsp3) is 0.308. The van der Waals surface area contributed by atoms with Crippen LogP contribution in [0.15, 0.2) is 39.8 Å². The molecule has 0 aliphatic heterocycles. The van der Waals surface area contributed by atoms with Crippen LogP contribution in [-0.4, -0.2) is 19.7 Å². The lowest BCUT2D eigenvalue weighted by molar-refractivity contribution is 0.242. The minimum absolute atomic E-state index is 0.0358. The molecule has 0 fully saturated rings. The molecule has 0 unspecified atom stereocenters. The van der Waals surface area contributed by atoms with Crippen molar-refractivity contribution in [2.45, 2.75) is 31.8 Å². The van der Waals surface area contributed by atoms with Gasteiger partial charge in [0.05, 0.1) is 11.0 Å². The average Bonchev–Trinajstić information content (AvgIpc) is 2.74. The fourth-order valence-electron chi connectivity index (χ4n) is 1.58. The number of anilines is 1. The van der Waals surface area contributed by atoms with Gasteiger partial charge in [0.2, 0.25) is 0 Å². The zero-order valence-corrected chi connectivity index (χ0v) is 12.3. The Morgan fingerprint density at radius 1 is 1.25 bits per heavy atom. The lowest BCUT2D eigenvalue weighted by atomic mass is 10.3. The van der Waals surface area contributed by atoms with Gasteiger partial charge in [-0.2, -0.15) is 0 Å². The van der Waals surface area contributed by atoms with E-state index < -0.39 is 10.0 Å². The quantitative estimate of drug-likeness (QED) is 0.917. The van der Waals surface area contributed by atoms with Crippen LogP contribution >= 0.6 is 0 Å². The van der Waals surface area contributed by atoms with Gasteiger partial charge in [0.15, 0.2) is 5.82 Å². The molecule has 1 heterocycles. The molecule has 1 N–H and O–H groups in total. The highest BCUT2D eigenvalue weighted by atomic mass is 32.2. The van der Waals surface area contributed by atoms with Gasteiger partial charge in [0, 0.05) is 6.07 Å². The van der Waals surface area contributed by atoms with Crippen LogP contribution in [0.4, 0.5) is 5.82 Å². The third-order valence-electron chi connectivity index (χ3n) is 2.37. The van der Waals surface area contributed by atoms with Crippen LogP contribution in [0.1, 0.15) is 19.6 Å². The number of sulfonamides is 1. The molecule has 2 aromatic rings. The number of nitrogens with one attached hydrogen (secondary N) is 1. The van der Waals surface area contributed by atoms with Crippen LogP contribution in [0.5, 0.6) is 5.75 Å². The number of aromatic nitrogens is 1. The molecule has 0 atom stereocenters. The Hall–Kier alpha value is -2.02. The van der Waals surface area contributed by atoms with Gasteiger partial charge in [-0.05, 0) is 45.0 Å². The zero-order chi connectivity index (χ0) is 14.8. The summed E-state index contributed by atoms with van der Waals surface area (Å²) >= 11 is 0. The van der Waals surface area contributed by atoms with Crippen LogP contribution < -0.4 is 9.46 Å². The Kier molecular flexibility index (Phi) is 3.99. The Labute approximate surface area is 117 Å². The van der Waals surface area contributed by atoms with Crippen molar-refractivity contribution in [2.24, 2.45) is 0 Å². The third-order valence-corrected chi connectivity index (χ3v) is 3.74. The lowest BCUT2D eigenvalue weighted by Crippen LogP contribution is -2.13. The predicted molar refractivity (Wildman–Crippen MR) is 74.3 cm³/mol. The van der Waals surface area contributed by atoms with E-state index in [4.69, 9.17) is 9.26 Å². The third kappa shape index (κ3) is 3.51. The summed E-state index contributed by atoms with van der Waals surface area (Å²) in [5.74, 6) is 1.31. The molecule has 0 bridgehead atoms. The van der Waals surface area contributed by atoms with Gasteiger partial charge in [-0.3, -0.25) is 4.72 Å². The normalized spacial score (nSPS) is 11.6. The van der Waals surface area contributed by atoms with Crippen LogP contribution in [0.3, 0.4) is 0 Å². The molecular formula is C13H16N2O4S. The summed E-state index contributed by atoms with van der Waals surface area (Å²) in [7, 11) is -3.67. The molecule has 0 saturated carbocycles. The Balaban J connectivity index is 2.17. The standard InChI is InChI=1S/C13H16N2O4S/c1-9(2)18-11-4-6-12(7-5-11)20(16,17)15-13-8-10(3)19-14-13/h4-9H,1-3H3,(H,14,15). The number of rotatable bonds is 5. The molecule has 20 heavy (non-hydrogen) atoms. The minimum Gasteiger partial charge on any atom is -0.491 e. The maximum atomic E-state index is 12.1. The van der Waals surface area contributed by atoms with E-state index in [2.05, 4.69) is 9.88 Å². The maximum Gasteiger partial charge on any atom is 0.263 e. The topological polar surface area (TPSA) is 81.4 Å². The molecular weight excluding hydrogens is 280 g/mol. The van der Waals surface area contributed by atoms with E-state index in [1.54, 1.807) is 19.1 Å². The van der Waals surface area contributed by atoms with Gasteiger partial charge in [-0.25, -0.2) is 8.42 Å². The highest BCUT2D eigenvalue weighted by Gasteiger charge is 2.16. The highest BCUT2D eigenvalue weighted by Crippen LogP contribution is 2.19. The van der Waals surface area contributed by atoms with Crippen LogP contribution in [0.25, 0.3) is 0 Å². The summed E-state index contributed by atoms with van der Waals surface area (Å²) in [5, 5.41) is 3.59. The van der Waals surface area contributed by atoms with E-state index in [-0.39, 0.29) is 16.8 Å². The van der Waals surface area contributed by atoms with E-state index in [9.17, 15) is 8.42 Å². The molecule has 0 saturated heterocycles. The van der Waals surface area contributed by atoms with Crippen molar-refractivity contribution in [2.75, 3.05) is 4.72 Å². The number of ether oxygens (including phenoxy) is 1. The Morgan fingerprint density at radius 2 is 1.90 bits per heavy atom. The predicted octanol–water partition coefficient (Wildman–Crippen LogP) is 2.57. The number of hydrogen-bond donors (Lipinski definition) is 1. The van der Waals surface area contributed by atoms with E-state index in [1.807, 2.05) is 13.8 Å². The lowest BCUT2D eigenvalue weighted by Gasteiger charge is -2.10. The molecule has 6 nitrogen and oxygen atoms in total. The summed E-state index contributed by atoms with van der Waals surface area (Å²) in [5.41, 5.74) is 0. The van der Waals surface area contributed by atoms with Gasteiger partial charge in [0.25, 0.3) is 10.0 Å². The van der Waals surface area contributed by atoms with E-state index in [0.29, 0.717) is 11.5 Å². The first-order chi connectivity index (χ1) is 9.37. The van der Waals surface area contributed by atoms with Crippen LogP contribution in [-0.2, 0) is 10.0 Å². The van der Waals surface area contributed by atoms with Gasteiger partial charge >= 0.3 is 0 Å². The molecule has 108 valence electrons. The molecule has 0 amide bonds. The minimum atomic E-state index is -3.67. The molecule has 0 radical (unpaired) electrons. The van der Waals surface area contributed by atoms with Crippen molar-refractivity contribution in [3.05, 3.63) is 36.1 Å². The molecule has 1 aromatic heterocycles. The SMILES string of the molecule is Cc1cc(NS(=O)(=O)c2ccc(OC(C)C)cc2)no1. The largest absolute Gasteiger partial charge is 0.491 e. The summed E-state index contributed by atoms with van der Waals surface area (Å²) in [6.07, 6.45) is 0.0358. The second kappa shape index (κ2) is 5.54. The summed E-state index contributed by atoms with van der Waals surface area (Å²) in [6, 6.07) is 7.69. The molecule has 7 heteroatoms. The van der Waals surface area contributed by atoms with Crippen molar-refractivity contribution < 1.29 is 17.7 Å². The average molecular weight is 296 g/mol. The van der Waals surface area contributed by atoms with Crippen molar-refractivity contribution in [3.63, 3.8) is 0 Å². The number of nitrogens with zero attached hydrogens (tertiary/aromatic N) is 1. The smallest absolute Gasteiger partial charge is 0.263 e. The molecule has 0 aliphatic rings. The maximum absolute atomic E-state index is 12.1. The number of aryl methyl sites for hydroxylation is 1. The van der Waals surface area contributed by atoms with Crippen molar-refractivity contribution in [3.8, 4) is 5.75 Å². The second-order valence-electron chi connectivity index (χ2n) is 4.57. The summed E-state index contributed by atoms with van der Waals surface area (Å²) in [6.45, 7) is 5.49. The highest BCUT2D eigenvalue weighted by molar-refractivity contribution is 7.92. The van der Waals surface area contributed by atoms with Crippen LogP contribution in [0, 0.1) is 6.92 Å². The summed E-state index contributed by atoms with van der Waals surface area (Å²) in [4.78, 5) is 0.134. The van der Waals surface area contributed by atoms with Gasteiger partial charge in [-0.15, -0.1) is 0 Å². The van der Waals surface area contributed by atoms with Crippen LogP contribution in [0.2, 0.25) is 0 Å². The first-order valence-electron chi connectivity index (χ1n) is 6.10. The van der Waals surface area contributed by atoms with E-state index in [0.717, 1.165) is 0 Å². The first kappa shape index (κ1) is 14.4. The molecule has 0 spiro atoms. The van der Waals surface area contributed by atoms with Gasteiger partial charge in [0.1, 0.15) is 11.5 Å². The Morgan fingerprint density at radius 3 is 2.40 bits per heavy atom. The monoisotopic (exact) mass is 296 g/mol. The zero-order valence-electron chi connectivity index (χ0n) is 11.5. The first-order valence-corrected chi connectivity index (χ1v) is 7.58. The number of hydrogen-bond acceptors (Lipinski definition) is 5. The summed E-state index contributed by atoms with van der Waals surface area (Å²) < 4.78 is 36.8.